The minimum Gasteiger partial charge on any atom is -0.479 e. The number of rotatable bonds is 2. The first-order chi connectivity index (χ1) is 11.0. The zero-order valence-corrected chi connectivity index (χ0v) is 13.0. The summed E-state index contributed by atoms with van der Waals surface area (Å²) in [5.74, 6) is 0.759. The molecule has 0 saturated heterocycles. The molecule has 1 N–H and O–H groups in total. The molecule has 7 nitrogen and oxygen atoms in total. The topological polar surface area (TPSA) is 84.4 Å². The van der Waals surface area contributed by atoms with Crippen molar-refractivity contribution in [2.24, 2.45) is 0 Å². The van der Waals surface area contributed by atoms with Gasteiger partial charge in [-0.25, -0.2) is 9.97 Å². The third kappa shape index (κ3) is 2.85. The minimum absolute atomic E-state index is 0.132. The second-order valence-corrected chi connectivity index (χ2v) is 5.31. The van der Waals surface area contributed by atoms with Crippen LogP contribution in [-0.4, -0.2) is 34.9 Å². The number of hydrogen-bond acceptors (Lipinski definition) is 5. The Kier molecular flexibility index (Phi) is 3.69. The van der Waals surface area contributed by atoms with Gasteiger partial charge in [-0.3, -0.25) is 9.59 Å². The number of nitrogens with zero attached hydrogens (tertiary/aromatic N) is 3. The fourth-order valence-corrected chi connectivity index (χ4v) is 2.30. The number of anilines is 2. The van der Waals surface area contributed by atoms with E-state index in [1.165, 1.54) is 17.3 Å². The van der Waals surface area contributed by atoms with Crippen LogP contribution >= 0.6 is 0 Å². The van der Waals surface area contributed by atoms with Gasteiger partial charge in [0, 0.05) is 25.1 Å². The second-order valence-electron chi connectivity index (χ2n) is 5.31. The number of likely N-dealkylation sites (N-methyl/N-ethyl adjacent to an activating group) is 1. The van der Waals surface area contributed by atoms with Crippen molar-refractivity contribution in [1.29, 1.82) is 0 Å². The molecule has 2 amide bonds. The number of ether oxygens (including phenoxy) is 1. The van der Waals surface area contributed by atoms with Gasteiger partial charge in [-0.1, -0.05) is 0 Å². The molecule has 0 fully saturated rings. The molecule has 0 spiro atoms. The zero-order chi connectivity index (χ0) is 16.6. The maximum Gasteiger partial charge on any atom is 0.267 e. The Labute approximate surface area is 133 Å². The predicted molar refractivity (Wildman–Crippen MR) is 84.7 cm³/mol. The summed E-state index contributed by atoms with van der Waals surface area (Å²) in [6.07, 6.45) is 2.42. The van der Waals surface area contributed by atoms with Crippen molar-refractivity contribution in [2.75, 3.05) is 17.3 Å². The van der Waals surface area contributed by atoms with E-state index in [1.807, 2.05) is 0 Å². The Balaban J connectivity index is 1.83. The first-order valence-corrected chi connectivity index (χ1v) is 7.14. The average molecular weight is 312 g/mol. The second kappa shape index (κ2) is 5.68. The first-order valence-electron chi connectivity index (χ1n) is 7.14. The predicted octanol–water partition coefficient (Wildman–Crippen LogP) is 1.78. The molecule has 1 unspecified atom stereocenters. The van der Waals surface area contributed by atoms with E-state index >= 15 is 0 Å². The summed E-state index contributed by atoms with van der Waals surface area (Å²) >= 11 is 0. The van der Waals surface area contributed by atoms with E-state index in [4.69, 9.17) is 4.74 Å². The number of aryl methyl sites for hydroxylation is 1. The fourth-order valence-electron chi connectivity index (χ4n) is 2.30. The van der Waals surface area contributed by atoms with Gasteiger partial charge in [-0.05, 0) is 32.0 Å². The number of nitrogens with one attached hydrogen (secondary N) is 1. The molecular weight excluding hydrogens is 296 g/mol. The molecule has 0 aliphatic carbocycles. The minimum atomic E-state index is -0.516. The third-order valence-electron chi connectivity index (χ3n) is 3.60. The van der Waals surface area contributed by atoms with E-state index in [2.05, 4.69) is 15.3 Å². The van der Waals surface area contributed by atoms with Crippen molar-refractivity contribution < 1.29 is 14.3 Å². The molecular formula is C16H16N4O3. The van der Waals surface area contributed by atoms with Gasteiger partial charge in [0.2, 0.25) is 0 Å². The molecule has 0 saturated carbocycles. The third-order valence-corrected chi connectivity index (χ3v) is 3.60. The van der Waals surface area contributed by atoms with Crippen molar-refractivity contribution in [3.8, 4) is 5.75 Å². The van der Waals surface area contributed by atoms with Gasteiger partial charge in [0.25, 0.3) is 11.8 Å². The lowest BCUT2D eigenvalue weighted by atomic mass is 10.1. The van der Waals surface area contributed by atoms with Gasteiger partial charge in [-0.15, -0.1) is 0 Å². The number of hydrogen-bond donors (Lipinski definition) is 1. The highest BCUT2D eigenvalue weighted by Gasteiger charge is 2.29. The Morgan fingerprint density at radius 1 is 1.30 bits per heavy atom. The summed E-state index contributed by atoms with van der Waals surface area (Å²) in [7, 11) is 1.68. The van der Waals surface area contributed by atoms with E-state index in [-0.39, 0.29) is 11.8 Å². The van der Waals surface area contributed by atoms with Gasteiger partial charge in [0.05, 0.1) is 11.3 Å². The van der Waals surface area contributed by atoms with E-state index in [0.29, 0.717) is 28.5 Å². The van der Waals surface area contributed by atoms with Gasteiger partial charge < -0.3 is 15.0 Å². The van der Waals surface area contributed by atoms with Crippen molar-refractivity contribution in [3.05, 3.63) is 42.0 Å². The summed E-state index contributed by atoms with van der Waals surface area (Å²) in [5, 5.41) is 2.76. The molecule has 23 heavy (non-hydrogen) atoms. The van der Waals surface area contributed by atoms with Crippen LogP contribution in [0.5, 0.6) is 5.75 Å². The van der Waals surface area contributed by atoms with Crippen LogP contribution in [0.3, 0.4) is 0 Å². The fraction of sp³-hybridized carbons (Fsp3) is 0.250. The molecule has 7 heteroatoms. The van der Waals surface area contributed by atoms with Crippen LogP contribution in [0.2, 0.25) is 0 Å². The zero-order valence-electron chi connectivity index (χ0n) is 13.0. The number of carbonyl (C=O) groups is 2. The van der Waals surface area contributed by atoms with Gasteiger partial charge in [-0.2, -0.15) is 0 Å². The Bertz CT molecular complexity index is 773. The summed E-state index contributed by atoms with van der Waals surface area (Å²) in [6.45, 7) is 3.45. The smallest absolute Gasteiger partial charge is 0.267 e. The Morgan fingerprint density at radius 3 is 2.70 bits per heavy atom. The summed E-state index contributed by atoms with van der Waals surface area (Å²) in [6, 6.07) is 5.16. The monoisotopic (exact) mass is 312 g/mol. The molecule has 0 radical (unpaired) electrons. The molecule has 1 aromatic carbocycles. The maximum atomic E-state index is 12.2. The van der Waals surface area contributed by atoms with E-state index < -0.39 is 6.10 Å². The quantitative estimate of drug-likeness (QED) is 0.913. The number of fused-ring (bicyclic) bond motifs is 1. The van der Waals surface area contributed by atoms with E-state index in [1.54, 1.807) is 39.1 Å². The molecule has 2 heterocycles. The SMILES string of the molecule is Cc1ncc(C(=O)Nc2ccc3c(c2)N(C)C(=O)C(C)O3)cn1. The number of amides is 2. The number of benzene rings is 1. The van der Waals surface area contributed by atoms with Gasteiger partial charge in [0.15, 0.2) is 6.10 Å². The van der Waals surface area contributed by atoms with Crippen molar-refractivity contribution in [2.45, 2.75) is 20.0 Å². The number of aromatic nitrogens is 2. The molecule has 0 bridgehead atoms. The highest BCUT2D eigenvalue weighted by molar-refractivity contribution is 6.05. The maximum absolute atomic E-state index is 12.2. The molecule has 1 aromatic heterocycles. The van der Waals surface area contributed by atoms with Crippen LogP contribution in [0.25, 0.3) is 0 Å². The molecule has 1 aliphatic rings. The lowest BCUT2D eigenvalue weighted by Crippen LogP contribution is -2.41. The average Bonchev–Trinajstić information content (AvgIpc) is 2.54. The summed E-state index contributed by atoms with van der Waals surface area (Å²) < 4.78 is 5.55. The Hall–Kier alpha value is -2.96. The van der Waals surface area contributed by atoms with Crippen LogP contribution in [0.4, 0.5) is 11.4 Å². The molecule has 2 aromatic rings. The first kappa shape index (κ1) is 15.0. The molecule has 118 valence electrons. The van der Waals surface area contributed by atoms with E-state index in [0.717, 1.165) is 0 Å². The molecule has 1 atom stereocenters. The summed E-state index contributed by atoms with van der Waals surface area (Å²) in [4.78, 5) is 33.7. The standard InChI is InChI=1S/C16H16N4O3/c1-9-16(22)20(3)13-6-12(4-5-14(13)23-9)19-15(21)11-7-17-10(2)18-8-11/h4-9H,1-3H3,(H,19,21). The van der Waals surface area contributed by atoms with Crippen LogP contribution < -0.4 is 15.0 Å². The normalized spacial score (nSPS) is 16.6. The molecule has 1 aliphatic heterocycles. The van der Waals surface area contributed by atoms with Gasteiger partial charge >= 0.3 is 0 Å². The Morgan fingerprint density at radius 2 is 2.00 bits per heavy atom. The highest BCUT2D eigenvalue weighted by Crippen LogP contribution is 2.35. The van der Waals surface area contributed by atoms with Crippen LogP contribution in [0.1, 0.15) is 23.1 Å². The van der Waals surface area contributed by atoms with Crippen molar-refractivity contribution >= 4 is 23.2 Å². The summed E-state index contributed by atoms with van der Waals surface area (Å²) in [5.41, 5.74) is 1.54. The molecule has 3 rings (SSSR count). The number of carbonyl (C=O) groups excluding carboxylic acids is 2. The van der Waals surface area contributed by atoms with Gasteiger partial charge in [0.1, 0.15) is 11.6 Å². The van der Waals surface area contributed by atoms with Crippen LogP contribution in [0, 0.1) is 6.92 Å². The lowest BCUT2D eigenvalue weighted by Gasteiger charge is -2.30. The van der Waals surface area contributed by atoms with Crippen LogP contribution in [0.15, 0.2) is 30.6 Å². The highest BCUT2D eigenvalue weighted by atomic mass is 16.5. The van der Waals surface area contributed by atoms with Crippen molar-refractivity contribution in [3.63, 3.8) is 0 Å². The van der Waals surface area contributed by atoms with Crippen LogP contribution in [-0.2, 0) is 4.79 Å². The lowest BCUT2D eigenvalue weighted by molar-refractivity contribution is -0.125. The van der Waals surface area contributed by atoms with E-state index in [9.17, 15) is 9.59 Å². The largest absolute Gasteiger partial charge is 0.479 e. The van der Waals surface area contributed by atoms with Crippen molar-refractivity contribution in [1.82, 2.24) is 9.97 Å².